The van der Waals surface area contributed by atoms with Crippen LogP contribution in [0.3, 0.4) is 0 Å². The van der Waals surface area contributed by atoms with Gasteiger partial charge in [0.05, 0.1) is 0 Å². The van der Waals surface area contributed by atoms with E-state index in [1.807, 2.05) is 0 Å². The maximum atomic E-state index is 2.46. The molecule has 0 bridgehead atoms. The zero-order chi connectivity index (χ0) is 29.0. The lowest BCUT2D eigenvalue weighted by atomic mass is 9.79. The summed E-state index contributed by atoms with van der Waals surface area (Å²) in [7, 11) is 0. The molecule has 0 fully saturated rings. The minimum absolute atomic E-state index is 1.04. The summed E-state index contributed by atoms with van der Waals surface area (Å²) < 4.78 is 0. The van der Waals surface area contributed by atoms with Crippen LogP contribution >= 0.6 is 0 Å². The molecule has 0 aromatic heterocycles. The van der Waals surface area contributed by atoms with Gasteiger partial charge >= 0.3 is 0 Å². The summed E-state index contributed by atoms with van der Waals surface area (Å²) in [5.41, 5.74) is 10.6. The monoisotopic (exact) mass is 558 g/mol. The van der Waals surface area contributed by atoms with Crippen molar-refractivity contribution >= 4 is 49.2 Å². The van der Waals surface area contributed by atoms with E-state index in [9.17, 15) is 0 Å². The summed E-state index contributed by atoms with van der Waals surface area (Å²) in [6, 6.07) is 53.7. The molecule has 0 aliphatic heterocycles. The van der Waals surface area contributed by atoms with Gasteiger partial charge in [-0.2, -0.15) is 0 Å². The van der Waals surface area contributed by atoms with Crippen molar-refractivity contribution < 1.29 is 0 Å². The molecule has 0 heteroatoms. The van der Waals surface area contributed by atoms with Crippen LogP contribution in [-0.4, -0.2) is 0 Å². The van der Waals surface area contributed by atoms with Gasteiger partial charge in [0.1, 0.15) is 0 Å². The Morgan fingerprint density at radius 1 is 0.341 bits per heavy atom. The van der Waals surface area contributed by atoms with E-state index in [-0.39, 0.29) is 0 Å². The van der Waals surface area contributed by atoms with Gasteiger partial charge in [-0.1, -0.05) is 146 Å². The van der Waals surface area contributed by atoms with E-state index in [0.29, 0.717) is 0 Å². The fourth-order valence-corrected chi connectivity index (χ4v) is 7.55. The second-order valence-electron chi connectivity index (χ2n) is 11.9. The van der Waals surface area contributed by atoms with Crippen molar-refractivity contribution in [2.75, 3.05) is 0 Å². The molecule has 0 saturated carbocycles. The van der Waals surface area contributed by atoms with E-state index in [0.717, 1.165) is 12.8 Å². The lowest BCUT2D eigenvalue weighted by Crippen LogP contribution is -2.02. The third-order valence-electron chi connectivity index (χ3n) is 9.50. The van der Waals surface area contributed by atoms with Gasteiger partial charge in [-0.25, -0.2) is 0 Å². The van der Waals surface area contributed by atoms with Gasteiger partial charge < -0.3 is 0 Å². The van der Waals surface area contributed by atoms with E-state index >= 15 is 0 Å². The van der Waals surface area contributed by atoms with E-state index in [1.165, 1.54) is 87.6 Å². The van der Waals surface area contributed by atoms with Crippen LogP contribution in [0.5, 0.6) is 0 Å². The Balaban J connectivity index is 1.42. The average Bonchev–Trinajstić information content (AvgIpc) is 3.11. The predicted molar refractivity (Wildman–Crippen MR) is 190 cm³/mol. The molecule has 44 heavy (non-hydrogen) atoms. The smallest absolute Gasteiger partial charge is 0.00293 e. The molecule has 9 rings (SSSR count). The van der Waals surface area contributed by atoms with Crippen molar-refractivity contribution in [2.45, 2.75) is 12.8 Å². The average molecular weight is 559 g/mol. The van der Waals surface area contributed by atoms with Gasteiger partial charge in [0.15, 0.2) is 0 Å². The van der Waals surface area contributed by atoms with E-state index in [1.54, 1.807) is 0 Å². The first-order chi connectivity index (χ1) is 21.8. The van der Waals surface area contributed by atoms with E-state index in [4.69, 9.17) is 0 Å². The zero-order valence-electron chi connectivity index (χ0n) is 24.4. The third kappa shape index (κ3) is 3.85. The van der Waals surface area contributed by atoms with E-state index < -0.39 is 0 Å². The van der Waals surface area contributed by atoms with Crippen molar-refractivity contribution in [3.63, 3.8) is 0 Å². The normalized spacial score (nSPS) is 12.7. The molecule has 0 saturated heterocycles. The molecule has 8 aromatic carbocycles. The number of allylic oxidation sites excluding steroid dienone is 1. The molecule has 0 unspecified atom stereocenters. The fraction of sp³-hybridized carbons (Fsp3) is 0.0455. The molecule has 0 amide bonds. The molecule has 0 nitrogen and oxygen atoms in total. The van der Waals surface area contributed by atoms with Gasteiger partial charge in [-0.05, 0) is 113 Å². The van der Waals surface area contributed by atoms with Crippen LogP contribution in [0.25, 0.3) is 82.5 Å². The highest BCUT2D eigenvalue weighted by atomic mass is 14.3. The second kappa shape index (κ2) is 10.1. The van der Waals surface area contributed by atoms with Gasteiger partial charge in [0, 0.05) is 0 Å². The van der Waals surface area contributed by atoms with Gasteiger partial charge in [0.25, 0.3) is 0 Å². The Labute approximate surface area is 257 Å². The lowest BCUT2D eigenvalue weighted by molar-refractivity contribution is 0.991. The molecular weight excluding hydrogens is 528 g/mol. The standard InChI is InChI=1S/C44H30/c1-3-13-29(14-4-1)31-23-26-40-42(27-31)44(39-22-12-11-21-38(39)43(40)30-15-5-2-6-16-30)32-24-25-37-35-19-8-7-17-33(35)34-18-9-10-20-36(34)41(37)28-32/h1-10,12-20,22-28H,11,21H2. The molecular formula is C44H30. The van der Waals surface area contributed by atoms with Crippen molar-refractivity contribution in [3.05, 3.63) is 163 Å². The molecule has 0 N–H and O–H groups in total. The minimum atomic E-state index is 1.04. The SMILES string of the molecule is C1=Cc2c(c(-c3ccccc3)c3ccc(-c4ccccc4)cc3c2-c2ccc3c4ccccc4c4ccccc4c3c2)CC1. The Bertz CT molecular complexity index is 2380. The Hall–Kier alpha value is -5.46. The van der Waals surface area contributed by atoms with Crippen LogP contribution in [0, 0.1) is 0 Å². The highest BCUT2D eigenvalue weighted by Crippen LogP contribution is 2.47. The number of hydrogen-bond acceptors (Lipinski definition) is 0. The van der Waals surface area contributed by atoms with Crippen molar-refractivity contribution in [3.8, 4) is 33.4 Å². The largest absolute Gasteiger partial charge is 0.0836 e. The van der Waals surface area contributed by atoms with Crippen LogP contribution in [0.4, 0.5) is 0 Å². The lowest BCUT2D eigenvalue weighted by Gasteiger charge is -2.24. The second-order valence-corrected chi connectivity index (χ2v) is 11.9. The molecule has 1 aliphatic carbocycles. The zero-order valence-corrected chi connectivity index (χ0v) is 24.4. The number of rotatable bonds is 3. The highest BCUT2D eigenvalue weighted by Gasteiger charge is 2.22. The Morgan fingerprint density at radius 2 is 0.864 bits per heavy atom. The molecule has 0 spiro atoms. The maximum absolute atomic E-state index is 2.46. The molecule has 0 atom stereocenters. The third-order valence-corrected chi connectivity index (χ3v) is 9.50. The van der Waals surface area contributed by atoms with Crippen LogP contribution in [0.1, 0.15) is 17.5 Å². The predicted octanol–water partition coefficient (Wildman–Crippen LogP) is 12.3. The molecule has 8 aromatic rings. The van der Waals surface area contributed by atoms with E-state index in [2.05, 4.69) is 158 Å². The van der Waals surface area contributed by atoms with Crippen LogP contribution in [0.2, 0.25) is 0 Å². The first-order valence-electron chi connectivity index (χ1n) is 15.6. The van der Waals surface area contributed by atoms with Crippen LogP contribution < -0.4 is 0 Å². The summed E-state index contributed by atoms with van der Waals surface area (Å²) >= 11 is 0. The summed E-state index contributed by atoms with van der Waals surface area (Å²) in [5, 5.41) is 10.5. The molecule has 1 aliphatic rings. The maximum Gasteiger partial charge on any atom is -0.00293 e. The van der Waals surface area contributed by atoms with Crippen molar-refractivity contribution in [1.82, 2.24) is 0 Å². The van der Waals surface area contributed by atoms with Crippen molar-refractivity contribution in [2.24, 2.45) is 0 Å². The molecule has 0 radical (unpaired) electrons. The summed E-state index contributed by atoms with van der Waals surface area (Å²) in [5.74, 6) is 0. The number of fused-ring (bicyclic) bond motifs is 8. The quantitative estimate of drug-likeness (QED) is 0.189. The Kier molecular flexibility index (Phi) is 5.74. The first-order valence-corrected chi connectivity index (χ1v) is 15.6. The molecule has 206 valence electrons. The van der Waals surface area contributed by atoms with Gasteiger partial charge in [-0.3, -0.25) is 0 Å². The van der Waals surface area contributed by atoms with Gasteiger partial charge in [-0.15, -0.1) is 0 Å². The van der Waals surface area contributed by atoms with Crippen molar-refractivity contribution in [1.29, 1.82) is 0 Å². The number of hydrogen-bond donors (Lipinski definition) is 0. The Morgan fingerprint density at radius 3 is 1.55 bits per heavy atom. The summed E-state index contributed by atoms with van der Waals surface area (Å²) in [6.07, 6.45) is 6.85. The van der Waals surface area contributed by atoms with Crippen LogP contribution in [-0.2, 0) is 6.42 Å². The van der Waals surface area contributed by atoms with Gasteiger partial charge in [0.2, 0.25) is 0 Å². The topological polar surface area (TPSA) is 0 Å². The highest BCUT2D eigenvalue weighted by molar-refractivity contribution is 6.26. The molecule has 0 heterocycles. The number of benzene rings is 8. The summed E-state index contributed by atoms with van der Waals surface area (Å²) in [4.78, 5) is 0. The summed E-state index contributed by atoms with van der Waals surface area (Å²) in [6.45, 7) is 0. The van der Waals surface area contributed by atoms with Crippen LogP contribution in [0.15, 0.2) is 152 Å². The minimum Gasteiger partial charge on any atom is -0.0836 e. The fourth-order valence-electron chi connectivity index (χ4n) is 7.55. The first kappa shape index (κ1) is 25.1.